The topological polar surface area (TPSA) is 100 Å². The zero-order chi connectivity index (χ0) is 36.9. The van der Waals surface area contributed by atoms with Crippen LogP contribution in [0.4, 0.5) is 8.78 Å². The Morgan fingerprint density at radius 1 is 0.906 bits per heavy atom. The molecule has 15 heteroatoms. The van der Waals surface area contributed by atoms with Crippen LogP contribution in [0, 0.1) is 0 Å². The van der Waals surface area contributed by atoms with Gasteiger partial charge in [-0.3, -0.25) is 9.36 Å². The van der Waals surface area contributed by atoms with Crippen molar-refractivity contribution in [3.63, 3.8) is 0 Å². The van der Waals surface area contributed by atoms with Gasteiger partial charge in [-0.2, -0.15) is 13.9 Å². The lowest BCUT2D eigenvalue weighted by atomic mass is 10.0. The Morgan fingerprint density at radius 3 is 2.38 bits per heavy atom. The fraction of sp³-hybridized carbons (Fsp3) is 0.158. The number of para-hydroxylation sites is 1. The SMILES string of the molecule is COc1cc(C2CC(c3cccs3)=NN2C(=O)CSc2nnc(-c3cc(Cl)ccc3OC)n2-c2ccc(Oc3ccccc3)cc2)ccc1OC(F)F. The van der Waals surface area contributed by atoms with Crippen molar-refractivity contribution in [3.05, 3.63) is 124 Å². The molecule has 6 aromatic rings. The Morgan fingerprint density at radius 2 is 1.66 bits per heavy atom. The van der Waals surface area contributed by atoms with Crippen LogP contribution in [-0.2, 0) is 4.79 Å². The van der Waals surface area contributed by atoms with E-state index in [2.05, 4.69) is 14.9 Å². The van der Waals surface area contributed by atoms with E-state index in [1.807, 2.05) is 76.7 Å². The van der Waals surface area contributed by atoms with Gasteiger partial charge < -0.3 is 18.9 Å². The fourth-order valence-corrected chi connectivity index (χ4v) is 7.48. The van der Waals surface area contributed by atoms with Gasteiger partial charge >= 0.3 is 6.61 Å². The second-order valence-corrected chi connectivity index (χ2v) is 13.8. The molecule has 53 heavy (non-hydrogen) atoms. The maximum Gasteiger partial charge on any atom is 0.387 e. The summed E-state index contributed by atoms with van der Waals surface area (Å²) in [7, 11) is 2.93. The molecular formula is C38H30ClF2N5O5S2. The smallest absolute Gasteiger partial charge is 0.387 e. The lowest BCUT2D eigenvalue weighted by Gasteiger charge is -2.23. The standard InChI is InChI=1S/C38H30ClF2N5O5S2/c1-48-31-17-11-24(39)20-28(31)36-42-43-38(45(36)25-12-14-27(15-13-25)50-26-7-4-3-5-8-26)53-22-35(47)46-30(21-29(44-46)34-9-6-18-52-34)23-10-16-32(51-37(40)41)33(19-23)49-2/h3-20,30,37H,21-22H2,1-2H3. The number of rotatable bonds is 13. The second-order valence-electron chi connectivity index (χ2n) is 11.5. The Balaban J connectivity index is 1.20. The Hall–Kier alpha value is -5.44. The van der Waals surface area contributed by atoms with Crippen molar-refractivity contribution < 1.29 is 32.5 Å². The maximum atomic E-state index is 14.1. The highest BCUT2D eigenvalue weighted by Gasteiger charge is 2.34. The van der Waals surface area contributed by atoms with Crippen molar-refractivity contribution >= 4 is 46.3 Å². The summed E-state index contributed by atoms with van der Waals surface area (Å²) >= 11 is 9.12. The summed E-state index contributed by atoms with van der Waals surface area (Å²) in [6, 6.07) is 30.0. The number of hydrogen-bond acceptors (Lipinski definition) is 10. The van der Waals surface area contributed by atoms with E-state index < -0.39 is 12.7 Å². The number of hydrogen-bond donors (Lipinski definition) is 0. The van der Waals surface area contributed by atoms with Gasteiger partial charge in [0.1, 0.15) is 17.2 Å². The molecule has 0 N–H and O–H groups in total. The summed E-state index contributed by atoms with van der Waals surface area (Å²) in [5, 5.41) is 18.1. The fourth-order valence-electron chi connectivity index (χ4n) is 5.78. The van der Waals surface area contributed by atoms with Gasteiger partial charge in [-0.15, -0.1) is 21.5 Å². The van der Waals surface area contributed by atoms with Crippen molar-refractivity contribution in [1.82, 2.24) is 19.8 Å². The van der Waals surface area contributed by atoms with Crippen LogP contribution in [0.15, 0.2) is 119 Å². The van der Waals surface area contributed by atoms with Crippen LogP contribution in [0.1, 0.15) is 22.9 Å². The first-order valence-corrected chi connectivity index (χ1v) is 18.4. The zero-order valence-corrected chi connectivity index (χ0v) is 30.6. The molecule has 1 unspecified atom stereocenters. The first-order chi connectivity index (χ1) is 25.8. The second kappa shape index (κ2) is 16.1. The molecule has 1 atom stereocenters. The number of benzene rings is 4. The molecule has 4 aromatic carbocycles. The quantitative estimate of drug-likeness (QED) is 0.107. The van der Waals surface area contributed by atoms with E-state index in [1.54, 1.807) is 37.4 Å². The van der Waals surface area contributed by atoms with E-state index in [0.717, 1.165) is 10.6 Å². The van der Waals surface area contributed by atoms with Crippen LogP contribution in [-0.4, -0.2) is 58.0 Å². The third-order valence-corrected chi connectivity index (χ3v) is 10.3. The van der Waals surface area contributed by atoms with E-state index in [0.29, 0.717) is 56.5 Å². The van der Waals surface area contributed by atoms with Crippen molar-refractivity contribution in [3.8, 4) is 45.8 Å². The number of nitrogens with zero attached hydrogens (tertiary/aromatic N) is 5. The molecule has 0 spiro atoms. The summed E-state index contributed by atoms with van der Waals surface area (Å²) in [5.41, 5.74) is 2.69. The number of alkyl halides is 2. The first kappa shape index (κ1) is 35.9. The summed E-state index contributed by atoms with van der Waals surface area (Å²) in [6.07, 6.45) is 0.404. The number of methoxy groups -OCH3 is 2. The van der Waals surface area contributed by atoms with Gasteiger partial charge in [-0.1, -0.05) is 53.7 Å². The van der Waals surface area contributed by atoms with Crippen molar-refractivity contribution in [1.29, 1.82) is 0 Å². The Kier molecular flexibility index (Phi) is 10.9. The molecule has 1 aliphatic heterocycles. The molecule has 7 rings (SSSR count). The lowest BCUT2D eigenvalue weighted by molar-refractivity contribution is -0.130. The third-order valence-electron chi connectivity index (χ3n) is 8.19. The molecular weight excluding hydrogens is 744 g/mol. The minimum atomic E-state index is -3.02. The molecule has 0 aliphatic carbocycles. The average molecular weight is 774 g/mol. The summed E-state index contributed by atoms with van der Waals surface area (Å²) in [6.45, 7) is -3.02. The number of halogens is 3. The van der Waals surface area contributed by atoms with Crippen LogP contribution in [0.5, 0.6) is 28.7 Å². The molecule has 0 saturated heterocycles. The number of thiophene rings is 1. The molecule has 10 nitrogen and oxygen atoms in total. The minimum Gasteiger partial charge on any atom is -0.496 e. The molecule has 1 amide bonds. The van der Waals surface area contributed by atoms with Gasteiger partial charge in [0.25, 0.3) is 5.91 Å². The summed E-state index contributed by atoms with van der Waals surface area (Å²) in [5.74, 6) is 1.97. The summed E-state index contributed by atoms with van der Waals surface area (Å²) < 4.78 is 49.6. The van der Waals surface area contributed by atoms with E-state index in [9.17, 15) is 13.6 Å². The van der Waals surface area contributed by atoms with Gasteiger partial charge in [0.15, 0.2) is 22.5 Å². The average Bonchev–Trinajstić information content (AvgIpc) is 3.95. The first-order valence-electron chi connectivity index (χ1n) is 16.1. The predicted molar refractivity (Wildman–Crippen MR) is 200 cm³/mol. The van der Waals surface area contributed by atoms with Crippen molar-refractivity contribution in [2.75, 3.05) is 20.0 Å². The highest BCUT2D eigenvalue weighted by atomic mass is 35.5. The molecule has 2 aromatic heterocycles. The largest absolute Gasteiger partial charge is 0.496 e. The minimum absolute atomic E-state index is 0.0541. The van der Waals surface area contributed by atoms with Gasteiger partial charge in [-0.25, -0.2) is 5.01 Å². The number of amides is 1. The molecule has 270 valence electrons. The van der Waals surface area contributed by atoms with Crippen LogP contribution in [0.3, 0.4) is 0 Å². The van der Waals surface area contributed by atoms with Crippen LogP contribution < -0.4 is 18.9 Å². The molecule has 3 heterocycles. The maximum absolute atomic E-state index is 14.1. The van der Waals surface area contributed by atoms with Crippen LogP contribution in [0.2, 0.25) is 5.02 Å². The molecule has 0 fully saturated rings. The van der Waals surface area contributed by atoms with Gasteiger partial charge in [0.05, 0.1) is 47.9 Å². The highest BCUT2D eigenvalue weighted by Crippen LogP contribution is 2.40. The van der Waals surface area contributed by atoms with Crippen LogP contribution >= 0.6 is 34.7 Å². The number of aromatic nitrogens is 3. The van der Waals surface area contributed by atoms with Crippen molar-refractivity contribution in [2.45, 2.75) is 24.2 Å². The van der Waals surface area contributed by atoms with Gasteiger partial charge in [0, 0.05) is 11.4 Å². The van der Waals surface area contributed by atoms with Crippen LogP contribution in [0.25, 0.3) is 17.1 Å². The van der Waals surface area contributed by atoms with E-state index >= 15 is 0 Å². The summed E-state index contributed by atoms with van der Waals surface area (Å²) in [4.78, 5) is 15.0. The molecule has 0 radical (unpaired) electrons. The monoisotopic (exact) mass is 773 g/mol. The Labute approximate surface area is 316 Å². The number of hydrazone groups is 1. The van der Waals surface area contributed by atoms with Gasteiger partial charge in [-0.05, 0) is 83.7 Å². The zero-order valence-electron chi connectivity index (χ0n) is 28.2. The van der Waals surface area contributed by atoms with Crippen molar-refractivity contribution in [2.24, 2.45) is 5.10 Å². The van der Waals surface area contributed by atoms with E-state index in [4.69, 9.17) is 30.9 Å². The Bertz CT molecular complexity index is 2240. The molecule has 1 aliphatic rings. The van der Waals surface area contributed by atoms with E-state index in [-0.39, 0.29) is 23.2 Å². The number of ether oxygens (including phenoxy) is 4. The van der Waals surface area contributed by atoms with Gasteiger partial charge in [0.2, 0.25) is 0 Å². The lowest BCUT2D eigenvalue weighted by Crippen LogP contribution is -2.28. The molecule has 0 saturated carbocycles. The number of thioether (sulfide) groups is 1. The normalized spacial score (nSPS) is 14.0. The molecule has 0 bridgehead atoms. The third kappa shape index (κ3) is 7.99. The number of carbonyl (C=O) groups excluding carboxylic acids is 1. The highest BCUT2D eigenvalue weighted by molar-refractivity contribution is 7.99. The van der Waals surface area contributed by atoms with E-state index in [1.165, 1.54) is 41.3 Å². The predicted octanol–water partition coefficient (Wildman–Crippen LogP) is 9.53. The number of carbonyl (C=O) groups is 1.